The Bertz CT molecular complexity index is 702. The van der Waals surface area contributed by atoms with E-state index in [4.69, 9.17) is 0 Å². The van der Waals surface area contributed by atoms with Gasteiger partial charge >= 0.3 is 6.03 Å². The molecule has 3 amide bonds. The number of anilines is 1. The summed E-state index contributed by atoms with van der Waals surface area (Å²) < 4.78 is 0. The maximum atomic E-state index is 12.6. The van der Waals surface area contributed by atoms with Crippen LogP contribution in [0.25, 0.3) is 0 Å². The van der Waals surface area contributed by atoms with Crippen LogP contribution in [0, 0.1) is 18.3 Å². The Balaban J connectivity index is 2.09. The third-order valence-electron chi connectivity index (χ3n) is 5.21. The quantitative estimate of drug-likeness (QED) is 0.635. The average Bonchev–Trinajstić information content (AvgIpc) is 2.54. The van der Waals surface area contributed by atoms with Gasteiger partial charge in [-0.25, -0.2) is 4.79 Å². The van der Waals surface area contributed by atoms with Crippen molar-refractivity contribution in [3.63, 3.8) is 0 Å². The lowest BCUT2D eigenvalue weighted by atomic mass is 9.64. The highest BCUT2D eigenvalue weighted by molar-refractivity contribution is 5.96. The van der Waals surface area contributed by atoms with Gasteiger partial charge in [-0.2, -0.15) is 0 Å². The number of rotatable bonds is 5. The molecule has 1 aromatic carbocycles. The molecule has 0 aliphatic heterocycles. The fourth-order valence-electron chi connectivity index (χ4n) is 4.60. The predicted octanol–water partition coefficient (Wildman–Crippen LogP) is 3.44. The first kappa shape index (κ1) is 21.2. The molecule has 0 saturated heterocycles. The van der Waals surface area contributed by atoms with E-state index >= 15 is 0 Å². The third-order valence-corrected chi connectivity index (χ3v) is 5.21. The highest BCUT2D eigenvalue weighted by Gasteiger charge is 2.43. The molecule has 0 aromatic heterocycles. The minimum atomic E-state index is -0.611. The van der Waals surface area contributed by atoms with Gasteiger partial charge in [0.05, 0.1) is 12.1 Å². The van der Waals surface area contributed by atoms with Crippen molar-refractivity contribution in [1.82, 2.24) is 10.6 Å². The molecule has 1 aliphatic rings. The number of urea groups is 1. The Hall–Kier alpha value is -2.08. The third kappa shape index (κ3) is 5.45. The second kappa shape index (κ2) is 8.30. The van der Waals surface area contributed by atoms with Crippen LogP contribution in [0.2, 0.25) is 0 Å². The zero-order chi connectivity index (χ0) is 20.2. The minimum absolute atomic E-state index is 0.0673. The standard InChI is InChI=1S/C21H33N3O3/c1-6-22-18(26)16-7-8-17(15(3)9-16)23-19(27)24-21(13-25)11-14(2)10-20(4,5)12-21/h7-9,14,25H,6,10-13H2,1-5H3,(H,22,26)(H2,23,24,27)/t14-,21+/m1/s1. The van der Waals surface area contributed by atoms with Gasteiger partial charge in [0.2, 0.25) is 0 Å². The number of hydrogen-bond acceptors (Lipinski definition) is 3. The van der Waals surface area contributed by atoms with Gasteiger partial charge in [-0.15, -0.1) is 0 Å². The van der Waals surface area contributed by atoms with E-state index in [9.17, 15) is 14.7 Å². The van der Waals surface area contributed by atoms with Crippen molar-refractivity contribution < 1.29 is 14.7 Å². The number of aliphatic hydroxyl groups is 1. The summed E-state index contributed by atoms with van der Waals surface area (Å²) >= 11 is 0. The summed E-state index contributed by atoms with van der Waals surface area (Å²) in [5, 5.41) is 18.7. The van der Waals surface area contributed by atoms with Gasteiger partial charge in [0.1, 0.15) is 0 Å². The molecule has 27 heavy (non-hydrogen) atoms. The van der Waals surface area contributed by atoms with Gasteiger partial charge in [-0.3, -0.25) is 4.79 Å². The molecule has 4 N–H and O–H groups in total. The monoisotopic (exact) mass is 375 g/mol. The van der Waals surface area contributed by atoms with E-state index in [0.29, 0.717) is 23.7 Å². The largest absolute Gasteiger partial charge is 0.394 e. The summed E-state index contributed by atoms with van der Waals surface area (Å²) in [6, 6.07) is 4.86. The molecule has 0 heterocycles. The van der Waals surface area contributed by atoms with E-state index < -0.39 is 5.54 Å². The van der Waals surface area contributed by atoms with Crippen molar-refractivity contribution in [2.45, 2.75) is 59.4 Å². The Morgan fingerprint density at radius 1 is 1.26 bits per heavy atom. The summed E-state index contributed by atoms with van der Waals surface area (Å²) in [5.74, 6) is 0.300. The average molecular weight is 376 g/mol. The van der Waals surface area contributed by atoms with Crippen molar-refractivity contribution in [3.05, 3.63) is 29.3 Å². The van der Waals surface area contributed by atoms with Gasteiger partial charge < -0.3 is 21.1 Å². The summed E-state index contributed by atoms with van der Waals surface area (Å²) in [5.41, 5.74) is 1.48. The summed E-state index contributed by atoms with van der Waals surface area (Å²) in [4.78, 5) is 24.6. The molecular weight excluding hydrogens is 342 g/mol. The van der Waals surface area contributed by atoms with E-state index in [1.54, 1.807) is 18.2 Å². The van der Waals surface area contributed by atoms with Crippen LogP contribution in [0.3, 0.4) is 0 Å². The lowest BCUT2D eigenvalue weighted by molar-refractivity contribution is 0.0446. The van der Waals surface area contributed by atoms with E-state index in [-0.39, 0.29) is 24.0 Å². The number of amides is 3. The van der Waals surface area contributed by atoms with Crippen molar-refractivity contribution >= 4 is 17.6 Å². The van der Waals surface area contributed by atoms with E-state index in [0.717, 1.165) is 24.8 Å². The molecule has 2 rings (SSSR count). The summed E-state index contributed by atoms with van der Waals surface area (Å²) in [7, 11) is 0. The van der Waals surface area contributed by atoms with Gasteiger partial charge in [-0.1, -0.05) is 20.8 Å². The number of carbonyl (C=O) groups excluding carboxylic acids is 2. The maximum Gasteiger partial charge on any atom is 0.319 e. The SMILES string of the molecule is CCNC(=O)c1ccc(NC(=O)N[C@@]2(CO)C[C@H](C)CC(C)(C)C2)c(C)c1. The van der Waals surface area contributed by atoms with Gasteiger partial charge in [0, 0.05) is 17.8 Å². The first-order valence-electron chi connectivity index (χ1n) is 9.68. The van der Waals surface area contributed by atoms with Crippen molar-refractivity contribution in [2.24, 2.45) is 11.3 Å². The predicted molar refractivity (Wildman–Crippen MR) is 108 cm³/mol. The van der Waals surface area contributed by atoms with Crippen molar-refractivity contribution in [1.29, 1.82) is 0 Å². The second-order valence-corrected chi connectivity index (χ2v) is 8.76. The molecule has 1 saturated carbocycles. The van der Waals surface area contributed by atoms with Gasteiger partial charge in [0.15, 0.2) is 0 Å². The number of aryl methyl sites for hydroxylation is 1. The Morgan fingerprint density at radius 3 is 2.52 bits per heavy atom. The second-order valence-electron chi connectivity index (χ2n) is 8.76. The molecule has 1 aliphatic carbocycles. The zero-order valence-electron chi connectivity index (χ0n) is 17.1. The molecule has 0 unspecified atom stereocenters. The van der Waals surface area contributed by atoms with Crippen molar-refractivity contribution in [3.8, 4) is 0 Å². The van der Waals surface area contributed by atoms with E-state index in [1.807, 2.05) is 13.8 Å². The van der Waals surface area contributed by atoms with E-state index in [1.165, 1.54) is 0 Å². The molecule has 150 valence electrons. The first-order chi connectivity index (χ1) is 12.6. The smallest absolute Gasteiger partial charge is 0.319 e. The highest BCUT2D eigenvalue weighted by atomic mass is 16.3. The normalized spacial score (nSPS) is 24.1. The number of hydrogen-bond donors (Lipinski definition) is 4. The fraction of sp³-hybridized carbons (Fsp3) is 0.619. The molecule has 1 fully saturated rings. The van der Waals surface area contributed by atoms with Crippen LogP contribution in [0.5, 0.6) is 0 Å². The molecule has 6 nitrogen and oxygen atoms in total. The fourth-order valence-corrected chi connectivity index (χ4v) is 4.60. The molecular formula is C21H33N3O3. The van der Waals surface area contributed by atoms with Crippen LogP contribution in [0.15, 0.2) is 18.2 Å². The van der Waals surface area contributed by atoms with Crippen LogP contribution < -0.4 is 16.0 Å². The first-order valence-corrected chi connectivity index (χ1v) is 9.68. The minimum Gasteiger partial charge on any atom is -0.394 e. The summed E-state index contributed by atoms with van der Waals surface area (Å²) in [6.07, 6.45) is 2.58. The molecule has 0 bridgehead atoms. The Morgan fingerprint density at radius 2 is 1.96 bits per heavy atom. The molecule has 0 radical (unpaired) electrons. The highest BCUT2D eigenvalue weighted by Crippen LogP contribution is 2.43. The van der Waals surface area contributed by atoms with Gasteiger partial charge in [-0.05, 0) is 68.2 Å². The van der Waals surface area contributed by atoms with Crippen LogP contribution in [0.4, 0.5) is 10.5 Å². The number of carbonyl (C=O) groups is 2. The number of aliphatic hydroxyl groups excluding tert-OH is 1. The number of benzene rings is 1. The molecule has 0 spiro atoms. The maximum absolute atomic E-state index is 12.6. The molecule has 2 atom stereocenters. The van der Waals surface area contributed by atoms with Crippen LogP contribution in [-0.2, 0) is 0 Å². The molecule has 6 heteroatoms. The topological polar surface area (TPSA) is 90.5 Å². The van der Waals surface area contributed by atoms with Crippen LogP contribution >= 0.6 is 0 Å². The summed E-state index contributed by atoms with van der Waals surface area (Å²) in [6.45, 7) is 10.7. The molecule has 1 aromatic rings. The Kier molecular flexibility index (Phi) is 6.52. The number of nitrogens with one attached hydrogen (secondary N) is 3. The lowest BCUT2D eigenvalue weighted by Crippen LogP contribution is -2.58. The Labute approximate surface area is 162 Å². The van der Waals surface area contributed by atoms with Crippen LogP contribution in [-0.4, -0.2) is 35.7 Å². The van der Waals surface area contributed by atoms with Crippen LogP contribution in [0.1, 0.15) is 62.9 Å². The zero-order valence-corrected chi connectivity index (χ0v) is 17.1. The lowest BCUT2D eigenvalue weighted by Gasteiger charge is -2.47. The van der Waals surface area contributed by atoms with Crippen molar-refractivity contribution in [2.75, 3.05) is 18.5 Å². The van der Waals surface area contributed by atoms with Gasteiger partial charge in [0.25, 0.3) is 5.91 Å². The van der Waals surface area contributed by atoms with E-state index in [2.05, 4.69) is 36.7 Å².